The minimum atomic E-state index is 0.120. The Morgan fingerprint density at radius 3 is 2.83 bits per heavy atom. The zero-order chi connectivity index (χ0) is 16.1. The third kappa shape index (κ3) is 4.51. The molecular weight excluding hydrogens is 296 g/mol. The molecule has 0 saturated heterocycles. The van der Waals surface area contributed by atoms with Crippen LogP contribution in [0.15, 0.2) is 23.2 Å². The Hall–Kier alpha value is -2.44. The van der Waals surface area contributed by atoms with Gasteiger partial charge in [0.15, 0.2) is 17.5 Å². The van der Waals surface area contributed by atoms with Crippen molar-refractivity contribution in [2.75, 3.05) is 31.6 Å². The second kappa shape index (κ2) is 7.21. The van der Waals surface area contributed by atoms with Gasteiger partial charge in [0.25, 0.3) is 0 Å². The molecule has 1 amide bonds. The lowest BCUT2D eigenvalue weighted by Gasteiger charge is -2.10. The van der Waals surface area contributed by atoms with E-state index in [4.69, 9.17) is 15.2 Å². The van der Waals surface area contributed by atoms with E-state index in [-0.39, 0.29) is 11.8 Å². The van der Waals surface area contributed by atoms with Crippen LogP contribution in [0.5, 0.6) is 11.5 Å². The summed E-state index contributed by atoms with van der Waals surface area (Å²) in [6.45, 7) is 2.25. The summed E-state index contributed by atoms with van der Waals surface area (Å²) in [6, 6.07) is 5.56. The molecule has 0 spiro atoms. The van der Waals surface area contributed by atoms with Crippen molar-refractivity contribution in [3.63, 3.8) is 0 Å². The molecule has 1 fully saturated rings. The molecule has 0 bridgehead atoms. The quantitative estimate of drug-likeness (QED) is 0.429. The van der Waals surface area contributed by atoms with E-state index < -0.39 is 0 Å². The van der Waals surface area contributed by atoms with Crippen LogP contribution in [-0.2, 0) is 4.79 Å². The van der Waals surface area contributed by atoms with E-state index in [9.17, 15) is 4.79 Å². The molecule has 1 aromatic rings. The van der Waals surface area contributed by atoms with Crippen molar-refractivity contribution < 1.29 is 14.3 Å². The summed E-state index contributed by atoms with van der Waals surface area (Å²) < 4.78 is 11.2. The zero-order valence-electron chi connectivity index (χ0n) is 13.0. The van der Waals surface area contributed by atoms with Crippen LogP contribution in [-0.4, -0.2) is 38.2 Å². The first kappa shape index (κ1) is 15.5. The van der Waals surface area contributed by atoms with Crippen molar-refractivity contribution in [1.82, 2.24) is 5.32 Å². The standard InChI is InChI=1S/C16H22N4O3/c17-16(19-7-6-18-15(21)11-2-3-11)20-12-4-5-13-14(10-12)23-9-1-8-22-13/h4-5,10-11H,1-3,6-9H2,(H,18,21)(H3,17,19,20). The Labute approximate surface area is 135 Å². The molecule has 0 atom stereocenters. The van der Waals surface area contributed by atoms with Crippen molar-refractivity contribution in [3.8, 4) is 11.5 Å². The Balaban J connectivity index is 1.48. The van der Waals surface area contributed by atoms with Gasteiger partial charge >= 0.3 is 0 Å². The molecule has 7 heteroatoms. The number of nitrogens with one attached hydrogen (secondary N) is 2. The number of nitrogens with zero attached hydrogens (tertiary/aromatic N) is 1. The fourth-order valence-corrected chi connectivity index (χ4v) is 2.27. The molecule has 124 valence electrons. The number of anilines is 1. The number of guanidine groups is 1. The van der Waals surface area contributed by atoms with Crippen molar-refractivity contribution in [2.45, 2.75) is 19.3 Å². The number of hydrogen-bond donors (Lipinski definition) is 3. The number of benzene rings is 1. The number of carbonyl (C=O) groups excluding carboxylic acids is 1. The number of carbonyl (C=O) groups is 1. The lowest BCUT2D eigenvalue weighted by atomic mass is 10.3. The van der Waals surface area contributed by atoms with Gasteiger partial charge in [-0.15, -0.1) is 0 Å². The van der Waals surface area contributed by atoms with Gasteiger partial charge in [-0.2, -0.15) is 0 Å². The molecule has 4 N–H and O–H groups in total. The van der Waals surface area contributed by atoms with Crippen molar-refractivity contribution in [3.05, 3.63) is 18.2 Å². The first-order valence-electron chi connectivity index (χ1n) is 7.96. The van der Waals surface area contributed by atoms with Crippen LogP contribution in [0.3, 0.4) is 0 Å². The molecule has 23 heavy (non-hydrogen) atoms. The first-order chi connectivity index (χ1) is 11.2. The number of aliphatic imine (C=N–C) groups is 1. The summed E-state index contributed by atoms with van der Waals surface area (Å²) in [4.78, 5) is 15.7. The molecule has 1 heterocycles. The zero-order valence-corrected chi connectivity index (χ0v) is 13.0. The maximum Gasteiger partial charge on any atom is 0.223 e. The Morgan fingerprint density at radius 1 is 1.26 bits per heavy atom. The van der Waals surface area contributed by atoms with Gasteiger partial charge in [0.1, 0.15) is 0 Å². The van der Waals surface area contributed by atoms with Crippen LogP contribution >= 0.6 is 0 Å². The Kier molecular flexibility index (Phi) is 4.85. The molecular formula is C16H22N4O3. The molecule has 7 nitrogen and oxygen atoms in total. The normalized spacial score (nSPS) is 17.3. The van der Waals surface area contributed by atoms with E-state index in [2.05, 4.69) is 15.6 Å². The SMILES string of the molecule is NC(=NCCNC(=O)C1CC1)Nc1ccc2c(c1)OCCCO2. The van der Waals surface area contributed by atoms with E-state index in [0.29, 0.717) is 38.0 Å². The lowest BCUT2D eigenvalue weighted by Crippen LogP contribution is -2.29. The second-order valence-electron chi connectivity index (χ2n) is 5.67. The monoisotopic (exact) mass is 318 g/mol. The summed E-state index contributed by atoms with van der Waals surface area (Å²) in [7, 11) is 0. The highest BCUT2D eigenvalue weighted by Gasteiger charge is 2.28. The van der Waals surface area contributed by atoms with Crippen molar-refractivity contribution in [1.29, 1.82) is 0 Å². The lowest BCUT2D eigenvalue weighted by molar-refractivity contribution is -0.122. The molecule has 0 radical (unpaired) electrons. The predicted octanol–water partition coefficient (Wildman–Crippen LogP) is 1.10. The first-order valence-corrected chi connectivity index (χ1v) is 7.96. The molecule has 1 aliphatic carbocycles. The molecule has 2 aliphatic rings. The summed E-state index contributed by atoms with van der Waals surface area (Å²) in [5, 5.41) is 5.86. The molecule has 0 aromatic heterocycles. The van der Waals surface area contributed by atoms with Crippen molar-refractivity contribution in [2.24, 2.45) is 16.6 Å². The van der Waals surface area contributed by atoms with Gasteiger partial charge in [-0.25, -0.2) is 0 Å². The Morgan fingerprint density at radius 2 is 2.04 bits per heavy atom. The summed E-state index contributed by atoms with van der Waals surface area (Å²) >= 11 is 0. The van der Waals surface area contributed by atoms with Gasteiger partial charge in [-0.05, 0) is 25.0 Å². The Bertz CT molecular complexity index is 599. The fourth-order valence-electron chi connectivity index (χ4n) is 2.27. The average Bonchev–Trinajstić information content (AvgIpc) is 3.37. The minimum Gasteiger partial charge on any atom is -0.490 e. The maximum atomic E-state index is 11.5. The van der Waals surface area contributed by atoms with Crippen molar-refractivity contribution >= 4 is 17.6 Å². The maximum absolute atomic E-state index is 11.5. The van der Waals surface area contributed by atoms with Gasteiger partial charge in [0.05, 0.1) is 19.8 Å². The van der Waals surface area contributed by atoms with Crippen LogP contribution in [0.25, 0.3) is 0 Å². The largest absolute Gasteiger partial charge is 0.490 e. The summed E-state index contributed by atoms with van der Waals surface area (Å²) in [6.07, 6.45) is 2.87. The van der Waals surface area contributed by atoms with Crippen LogP contribution in [0.1, 0.15) is 19.3 Å². The van der Waals surface area contributed by atoms with Crippen LogP contribution in [0, 0.1) is 5.92 Å². The number of ether oxygens (including phenoxy) is 2. The summed E-state index contributed by atoms with van der Waals surface area (Å²) in [5.41, 5.74) is 6.65. The number of hydrogen-bond acceptors (Lipinski definition) is 4. The number of nitrogens with two attached hydrogens (primary N) is 1. The topological polar surface area (TPSA) is 98.0 Å². The molecule has 3 rings (SSSR count). The van der Waals surface area contributed by atoms with E-state index in [1.165, 1.54) is 0 Å². The fraction of sp³-hybridized carbons (Fsp3) is 0.500. The molecule has 1 saturated carbocycles. The number of amides is 1. The minimum absolute atomic E-state index is 0.120. The highest BCUT2D eigenvalue weighted by atomic mass is 16.5. The van der Waals surface area contributed by atoms with E-state index >= 15 is 0 Å². The third-order valence-electron chi connectivity index (χ3n) is 3.66. The van der Waals surface area contributed by atoms with Crippen LogP contribution < -0.4 is 25.8 Å². The van der Waals surface area contributed by atoms with E-state index in [1.807, 2.05) is 18.2 Å². The van der Waals surface area contributed by atoms with Gasteiger partial charge in [-0.1, -0.05) is 0 Å². The molecule has 1 aliphatic heterocycles. The van der Waals surface area contributed by atoms with Gasteiger partial charge in [0, 0.05) is 30.6 Å². The molecule has 1 aromatic carbocycles. The van der Waals surface area contributed by atoms with Crippen LogP contribution in [0.2, 0.25) is 0 Å². The average molecular weight is 318 g/mol. The van der Waals surface area contributed by atoms with Gasteiger partial charge < -0.3 is 25.8 Å². The smallest absolute Gasteiger partial charge is 0.223 e. The molecule has 0 unspecified atom stereocenters. The third-order valence-corrected chi connectivity index (χ3v) is 3.66. The highest BCUT2D eigenvalue weighted by Crippen LogP contribution is 2.32. The van der Waals surface area contributed by atoms with Gasteiger partial charge in [-0.3, -0.25) is 9.79 Å². The summed E-state index contributed by atoms with van der Waals surface area (Å²) in [5.74, 6) is 2.09. The van der Waals surface area contributed by atoms with Crippen LogP contribution in [0.4, 0.5) is 5.69 Å². The van der Waals surface area contributed by atoms with E-state index in [1.54, 1.807) is 0 Å². The highest BCUT2D eigenvalue weighted by molar-refractivity contribution is 5.92. The predicted molar refractivity (Wildman–Crippen MR) is 87.9 cm³/mol. The van der Waals surface area contributed by atoms with Gasteiger partial charge in [0.2, 0.25) is 5.91 Å². The van der Waals surface area contributed by atoms with E-state index in [0.717, 1.165) is 30.7 Å². The second-order valence-corrected chi connectivity index (χ2v) is 5.67. The number of fused-ring (bicyclic) bond motifs is 1. The number of rotatable bonds is 5.